The predicted octanol–water partition coefficient (Wildman–Crippen LogP) is 1.34. The number of rotatable bonds is 7. The molecule has 1 aliphatic rings. The second kappa shape index (κ2) is 7.04. The molecule has 0 heterocycles. The summed E-state index contributed by atoms with van der Waals surface area (Å²) in [6, 6.07) is 0. The van der Waals surface area contributed by atoms with Crippen molar-refractivity contribution >= 4 is 11.9 Å². The fourth-order valence-electron chi connectivity index (χ4n) is 3.01. The van der Waals surface area contributed by atoms with Gasteiger partial charge in [-0.2, -0.15) is 0 Å². The first kappa shape index (κ1) is 17.7. The molecule has 0 saturated heterocycles. The van der Waals surface area contributed by atoms with Gasteiger partial charge in [-0.15, -0.1) is 0 Å². The lowest BCUT2D eigenvalue weighted by Gasteiger charge is -2.30. The smallest absolute Gasteiger partial charge is 0.327 e. The molecule has 0 aromatic heterocycles. The van der Waals surface area contributed by atoms with Crippen LogP contribution in [0.15, 0.2) is 11.6 Å². The standard InChI is InChI=1S/C15H24O6/c1-14(10-19-3)9-15(12(16)20-4,13(17)21-5)8-11(14)6-7-18-2/h8H,6-7,9-10H2,1-5H3. The third kappa shape index (κ3) is 3.27. The van der Waals surface area contributed by atoms with Crippen molar-refractivity contribution in [1.29, 1.82) is 0 Å². The van der Waals surface area contributed by atoms with Crippen LogP contribution in [0.4, 0.5) is 0 Å². The number of hydrogen-bond donors (Lipinski definition) is 0. The molecule has 1 unspecified atom stereocenters. The molecule has 1 rings (SSSR count). The predicted molar refractivity (Wildman–Crippen MR) is 75.6 cm³/mol. The maximum absolute atomic E-state index is 12.2. The van der Waals surface area contributed by atoms with Crippen LogP contribution >= 0.6 is 0 Å². The summed E-state index contributed by atoms with van der Waals surface area (Å²) in [6.07, 6.45) is 2.56. The Morgan fingerprint density at radius 1 is 1.10 bits per heavy atom. The van der Waals surface area contributed by atoms with E-state index in [1.54, 1.807) is 20.3 Å². The molecule has 6 nitrogen and oxygen atoms in total. The van der Waals surface area contributed by atoms with Gasteiger partial charge in [-0.3, -0.25) is 9.59 Å². The summed E-state index contributed by atoms with van der Waals surface area (Å²) >= 11 is 0. The van der Waals surface area contributed by atoms with Crippen LogP contribution in [0.1, 0.15) is 19.8 Å². The maximum atomic E-state index is 12.2. The van der Waals surface area contributed by atoms with Crippen LogP contribution in [0.2, 0.25) is 0 Å². The number of methoxy groups -OCH3 is 4. The Balaban J connectivity index is 3.25. The van der Waals surface area contributed by atoms with Crippen molar-refractivity contribution in [3.05, 3.63) is 11.6 Å². The van der Waals surface area contributed by atoms with Crippen molar-refractivity contribution < 1.29 is 28.5 Å². The monoisotopic (exact) mass is 300 g/mol. The van der Waals surface area contributed by atoms with Crippen LogP contribution in [0.25, 0.3) is 0 Å². The zero-order valence-corrected chi connectivity index (χ0v) is 13.4. The van der Waals surface area contributed by atoms with Crippen molar-refractivity contribution in [1.82, 2.24) is 0 Å². The molecular formula is C15H24O6. The van der Waals surface area contributed by atoms with Crippen molar-refractivity contribution in [2.75, 3.05) is 41.7 Å². The Bertz CT molecular complexity index is 412. The Kier molecular flexibility index (Phi) is 5.92. The largest absolute Gasteiger partial charge is 0.468 e. The van der Waals surface area contributed by atoms with Crippen LogP contribution in [0.3, 0.4) is 0 Å². The van der Waals surface area contributed by atoms with E-state index in [9.17, 15) is 9.59 Å². The van der Waals surface area contributed by atoms with Gasteiger partial charge in [-0.1, -0.05) is 18.6 Å². The number of ether oxygens (including phenoxy) is 4. The minimum absolute atomic E-state index is 0.270. The van der Waals surface area contributed by atoms with Crippen LogP contribution in [-0.4, -0.2) is 53.6 Å². The van der Waals surface area contributed by atoms with E-state index in [0.29, 0.717) is 19.6 Å². The summed E-state index contributed by atoms with van der Waals surface area (Å²) in [5.41, 5.74) is -0.891. The van der Waals surface area contributed by atoms with Gasteiger partial charge in [0.2, 0.25) is 0 Å². The van der Waals surface area contributed by atoms with Gasteiger partial charge < -0.3 is 18.9 Å². The first-order chi connectivity index (χ1) is 9.90. The molecule has 0 bridgehead atoms. The molecular weight excluding hydrogens is 276 g/mol. The van der Waals surface area contributed by atoms with E-state index in [2.05, 4.69) is 0 Å². The maximum Gasteiger partial charge on any atom is 0.327 e. The highest BCUT2D eigenvalue weighted by Crippen LogP contribution is 2.51. The SMILES string of the molecule is COCCC1=CC(C(=O)OC)(C(=O)OC)CC1(C)COC. The molecule has 0 aromatic carbocycles. The molecule has 120 valence electrons. The van der Waals surface area contributed by atoms with E-state index in [0.717, 1.165) is 5.57 Å². The topological polar surface area (TPSA) is 71.1 Å². The number of carbonyl (C=O) groups excluding carboxylic acids is 2. The fourth-order valence-corrected chi connectivity index (χ4v) is 3.01. The van der Waals surface area contributed by atoms with Gasteiger partial charge in [0.05, 0.1) is 20.8 Å². The van der Waals surface area contributed by atoms with E-state index in [1.165, 1.54) is 14.2 Å². The zero-order valence-electron chi connectivity index (χ0n) is 13.4. The highest BCUT2D eigenvalue weighted by atomic mass is 16.5. The summed E-state index contributed by atoms with van der Waals surface area (Å²) < 4.78 is 20.0. The lowest BCUT2D eigenvalue weighted by Crippen LogP contribution is -2.40. The second-order valence-corrected chi connectivity index (χ2v) is 5.54. The van der Waals surface area contributed by atoms with E-state index < -0.39 is 22.8 Å². The third-order valence-corrected chi connectivity index (χ3v) is 4.00. The van der Waals surface area contributed by atoms with E-state index in [4.69, 9.17) is 18.9 Å². The lowest BCUT2D eigenvalue weighted by atomic mass is 9.77. The minimum atomic E-state index is -1.40. The first-order valence-corrected chi connectivity index (χ1v) is 6.77. The summed E-state index contributed by atoms with van der Waals surface area (Å²) in [4.78, 5) is 24.4. The molecule has 1 atom stereocenters. The van der Waals surface area contributed by atoms with Crippen molar-refractivity contribution in [2.45, 2.75) is 19.8 Å². The van der Waals surface area contributed by atoms with E-state index in [1.807, 2.05) is 6.92 Å². The Morgan fingerprint density at radius 2 is 1.67 bits per heavy atom. The summed E-state index contributed by atoms with van der Waals surface area (Å²) in [5, 5.41) is 0. The summed E-state index contributed by atoms with van der Waals surface area (Å²) in [7, 11) is 5.73. The molecule has 6 heteroatoms. The van der Waals surface area contributed by atoms with Gasteiger partial charge in [-0.05, 0) is 12.8 Å². The molecule has 0 radical (unpaired) electrons. The van der Waals surface area contributed by atoms with Crippen LogP contribution in [0.5, 0.6) is 0 Å². The molecule has 0 aliphatic heterocycles. The van der Waals surface area contributed by atoms with Gasteiger partial charge in [-0.25, -0.2) is 0 Å². The van der Waals surface area contributed by atoms with Crippen molar-refractivity contribution in [3.63, 3.8) is 0 Å². The number of hydrogen-bond acceptors (Lipinski definition) is 6. The van der Waals surface area contributed by atoms with Gasteiger partial charge in [0.1, 0.15) is 0 Å². The molecule has 0 saturated carbocycles. The molecule has 0 N–H and O–H groups in total. The molecule has 1 aliphatic carbocycles. The highest BCUT2D eigenvalue weighted by molar-refractivity contribution is 6.03. The van der Waals surface area contributed by atoms with Crippen LogP contribution in [0, 0.1) is 10.8 Å². The van der Waals surface area contributed by atoms with Crippen LogP contribution < -0.4 is 0 Å². The molecule has 21 heavy (non-hydrogen) atoms. The second-order valence-electron chi connectivity index (χ2n) is 5.54. The highest BCUT2D eigenvalue weighted by Gasteiger charge is 2.56. The van der Waals surface area contributed by atoms with E-state index >= 15 is 0 Å². The molecule has 0 spiro atoms. The number of carbonyl (C=O) groups is 2. The molecule has 0 amide bonds. The minimum Gasteiger partial charge on any atom is -0.468 e. The van der Waals surface area contributed by atoms with Gasteiger partial charge >= 0.3 is 11.9 Å². The Labute approximate surface area is 125 Å². The number of esters is 2. The lowest BCUT2D eigenvalue weighted by molar-refractivity contribution is -0.166. The average Bonchev–Trinajstić information content (AvgIpc) is 2.77. The molecule has 0 fully saturated rings. The first-order valence-electron chi connectivity index (χ1n) is 6.77. The summed E-state index contributed by atoms with van der Waals surface area (Å²) in [6.45, 7) is 2.87. The average molecular weight is 300 g/mol. The van der Waals surface area contributed by atoms with Gasteiger partial charge in [0.25, 0.3) is 0 Å². The normalized spacial score (nSPS) is 23.6. The molecule has 0 aromatic rings. The van der Waals surface area contributed by atoms with Crippen molar-refractivity contribution in [2.24, 2.45) is 10.8 Å². The zero-order chi connectivity index (χ0) is 16.1. The Hall–Kier alpha value is -1.40. The van der Waals surface area contributed by atoms with Crippen LogP contribution in [-0.2, 0) is 28.5 Å². The van der Waals surface area contributed by atoms with Gasteiger partial charge in [0, 0.05) is 26.2 Å². The third-order valence-electron chi connectivity index (χ3n) is 4.00. The van der Waals surface area contributed by atoms with Gasteiger partial charge in [0.15, 0.2) is 5.41 Å². The quantitative estimate of drug-likeness (QED) is 0.401. The Morgan fingerprint density at radius 3 is 2.10 bits per heavy atom. The summed E-state index contributed by atoms with van der Waals surface area (Å²) in [5.74, 6) is -1.21. The fraction of sp³-hybridized carbons (Fsp3) is 0.733. The van der Waals surface area contributed by atoms with E-state index in [-0.39, 0.29) is 6.42 Å². The van der Waals surface area contributed by atoms with Crippen molar-refractivity contribution in [3.8, 4) is 0 Å².